The van der Waals surface area contributed by atoms with E-state index in [1.54, 1.807) is 0 Å². The van der Waals surface area contributed by atoms with E-state index >= 15 is 0 Å². The third-order valence-electron chi connectivity index (χ3n) is 5.43. The average molecular weight is 276 g/mol. The van der Waals surface area contributed by atoms with Crippen molar-refractivity contribution in [1.29, 1.82) is 5.26 Å². The fourth-order valence-corrected chi connectivity index (χ4v) is 3.95. The molecule has 0 aromatic heterocycles. The highest BCUT2D eigenvalue weighted by molar-refractivity contribution is 5.15. The van der Waals surface area contributed by atoms with Crippen molar-refractivity contribution < 1.29 is 0 Å². The Kier molecular flexibility index (Phi) is 4.03. The molecule has 4 nitrogen and oxygen atoms in total. The minimum atomic E-state index is -0.225. The van der Waals surface area contributed by atoms with Gasteiger partial charge in [-0.1, -0.05) is 0 Å². The first kappa shape index (κ1) is 14.3. The summed E-state index contributed by atoms with van der Waals surface area (Å²) < 4.78 is 0. The number of hydrogen-bond donors (Lipinski definition) is 1. The van der Waals surface area contributed by atoms with Crippen molar-refractivity contribution >= 4 is 0 Å². The second kappa shape index (κ2) is 5.63. The summed E-state index contributed by atoms with van der Waals surface area (Å²) in [5.74, 6) is 0. The van der Waals surface area contributed by atoms with Gasteiger partial charge in [0.05, 0.1) is 6.07 Å². The van der Waals surface area contributed by atoms with Crippen LogP contribution in [0.1, 0.15) is 44.9 Å². The quantitative estimate of drug-likeness (QED) is 0.846. The van der Waals surface area contributed by atoms with E-state index in [0.717, 1.165) is 12.8 Å². The zero-order valence-corrected chi connectivity index (χ0v) is 12.9. The van der Waals surface area contributed by atoms with Gasteiger partial charge in [0.1, 0.15) is 5.54 Å². The van der Waals surface area contributed by atoms with Crippen molar-refractivity contribution in [2.45, 2.75) is 68.6 Å². The highest BCUT2D eigenvalue weighted by Gasteiger charge is 2.45. The zero-order valence-electron chi connectivity index (χ0n) is 12.9. The largest absolute Gasteiger partial charge is 0.305 e. The SMILES string of the molecule is CN(C)C1CCCN(C2CCC(C#N)(NC3CC3)C2)C1. The van der Waals surface area contributed by atoms with Gasteiger partial charge < -0.3 is 4.90 Å². The molecule has 2 saturated carbocycles. The van der Waals surface area contributed by atoms with Crippen molar-refractivity contribution in [1.82, 2.24) is 15.1 Å². The van der Waals surface area contributed by atoms with Crippen molar-refractivity contribution in [2.75, 3.05) is 27.2 Å². The number of nitriles is 1. The Morgan fingerprint density at radius 1 is 1.25 bits per heavy atom. The maximum atomic E-state index is 9.61. The lowest BCUT2D eigenvalue weighted by atomic mass is 9.97. The molecule has 0 radical (unpaired) electrons. The van der Waals surface area contributed by atoms with Crippen LogP contribution >= 0.6 is 0 Å². The Labute approximate surface area is 123 Å². The van der Waals surface area contributed by atoms with E-state index < -0.39 is 0 Å². The molecule has 1 aliphatic heterocycles. The van der Waals surface area contributed by atoms with Gasteiger partial charge in [-0.25, -0.2) is 0 Å². The van der Waals surface area contributed by atoms with Crippen LogP contribution in [0.15, 0.2) is 0 Å². The van der Waals surface area contributed by atoms with Gasteiger partial charge in [0.2, 0.25) is 0 Å². The fraction of sp³-hybridized carbons (Fsp3) is 0.938. The molecule has 20 heavy (non-hydrogen) atoms. The molecule has 3 atom stereocenters. The number of nitrogens with zero attached hydrogens (tertiary/aromatic N) is 3. The predicted molar refractivity (Wildman–Crippen MR) is 80.4 cm³/mol. The molecule has 1 N–H and O–H groups in total. The molecular weight excluding hydrogens is 248 g/mol. The van der Waals surface area contributed by atoms with Crippen molar-refractivity contribution in [3.63, 3.8) is 0 Å². The first-order valence-electron chi connectivity index (χ1n) is 8.21. The summed E-state index contributed by atoms with van der Waals surface area (Å²) >= 11 is 0. The summed E-state index contributed by atoms with van der Waals surface area (Å²) in [4.78, 5) is 5.02. The molecule has 0 spiro atoms. The van der Waals surface area contributed by atoms with E-state index in [1.165, 1.54) is 45.2 Å². The monoisotopic (exact) mass is 276 g/mol. The Morgan fingerprint density at radius 3 is 2.70 bits per heavy atom. The van der Waals surface area contributed by atoms with Gasteiger partial charge in [-0.3, -0.25) is 10.2 Å². The van der Waals surface area contributed by atoms with Crippen LogP contribution in [0.3, 0.4) is 0 Å². The van der Waals surface area contributed by atoms with E-state index in [2.05, 4.69) is 35.3 Å². The summed E-state index contributed by atoms with van der Waals surface area (Å²) in [5.41, 5.74) is -0.225. The van der Waals surface area contributed by atoms with Crippen LogP contribution in [0.4, 0.5) is 0 Å². The number of rotatable bonds is 4. The summed E-state index contributed by atoms with van der Waals surface area (Å²) in [6.07, 6.45) is 8.40. The van der Waals surface area contributed by atoms with Gasteiger partial charge >= 0.3 is 0 Å². The lowest BCUT2D eigenvalue weighted by Crippen LogP contribution is -2.50. The average Bonchev–Trinajstić information content (AvgIpc) is 3.16. The third-order valence-corrected chi connectivity index (χ3v) is 5.43. The molecule has 3 rings (SSSR count). The van der Waals surface area contributed by atoms with Gasteiger partial charge in [0.15, 0.2) is 0 Å². The van der Waals surface area contributed by atoms with E-state index in [9.17, 15) is 5.26 Å². The van der Waals surface area contributed by atoms with Gasteiger partial charge in [-0.15, -0.1) is 0 Å². The van der Waals surface area contributed by atoms with Gasteiger partial charge in [-0.05, 0) is 65.6 Å². The van der Waals surface area contributed by atoms with Crippen molar-refractivity contribution in [3.05, 3.63) is 0 Å². The van der Waals surface area contributed by atoms with Crippen LogP contribution in [0, 0.1) is 11.3 Å². The lowest BCUT2D eigenvalue weighted by Gasteiger charge is -2.39. The van der Waals surface area contributed by atoms with E-state index in [4.69, 9.17) is 0 Å². The highest BCUT2D eigenvalue weighted by atomic mass is 15.2. The number of hydrogen-bond acceptors (Lipinski definition) is 4. The molecule has 0 aromatic carbocycles. The van der Waals surface area contributed by atoms with Crippen LogP contribution < -0.4 is 5.32 Å². The fourth-order valence-electron chi connectivity index (χ4n) is 3.95. The molecule has 0 amide bonds. The van der Waals surface area contributed by atoms with Crippen molar-refractivity contribution in [2.24, 2.45) is 0 Å². The van der Waals surface area contributed by atoms with E-state index in [0.29, 0.717) is 18.1 Å². The lowest BCUT2D eigenvalue weighted by molar-refractivity contribution is 0.0955. The second-order valence-corrected chi connectivity index (χ2v) is 7.26. The van der Waals surface area contributed by atoms with Gasteiger partial charge in [0, 0.05) is 24.7 Å². The highest BCUT2D eigenvalue weighted by Crippen LogP contribution is 2.37. The number of piperidine rings is 1. The standard InChI is InChI=1S/C16H28N4/c1-19(2)15-4-3-9-20(11-15)14-7-8-16(10-14,12-17)18-13-5-6-13/h13-15,18H,3-11H2,1-2H3. The molecule has 3 aliphatic rings. The molecule has 2 aliphatic carbocycles. The Hall–Kier alpha value is -0.630. The van der Waals surface area contributed by atoms with Crippen LogP contribution in [0.25, 0.3) is 0 Å². The maximum absolute atomic E-state index is 9.61. The summed E-state index contributed by atoms with van der Waals surface area (Å²) in [5, 5.41) is 13.2. The van der Waals surface area contributed by atoms with Gasteiger partial charge in [-0.2, -0.15) is 5.26 Å². The predicted octanol–water partition coefficient (Wildman–Crippen LogP) is 1.58. The Bertz CT molecular complexity index is 384. The number of likely N-dealkylation sites (N-methyl/N-ethyl adjacent to an activating group) is 1. The van der Waals surface area contributed by atoms with Crippen LogP contribution in [-0.2, 0) is 0 Å². The third kappa shape index (κ3) is 3.00. The molecule has 1 saturated heterocycles. The molecule has 0 bridgehead atoms. The first-order chi connectivity index (χ1) is 9.62. The maximum Gasteiger partial charge on any atom is 0.108 e. The molecule has 4 heteroatoms. The first-order valence-corrected chi connectivity index (χ1v) is 8.21. The molecule has 1 heterocycles. The van der Waals surface area contributed by atoms with E-state index in [-0.39, 0.29) is 5.54 Å². The molecule has 0 aromatic rings. The minimum Gasteiger partial charge on any atom is -0.305 e. The van der Waals surface area contributed by atoms with Crippen molar-refractivity contribution in [3.8, 4) is 6.07 Å². The molecule has 112 valence electrons. The molecular formula is C16H28N4. The second-order valence-electron chi connectivity index (χ2n) is 7.26. The topological polar surface area (TPSA) is 42.3 Å². The minimum absolute atomic E-state index is 0.225. The Balaban J connectivity index is 1.59. The summed E-state index contributed by atoms with van der Waals surface area (Å²) in [7, 11) is 4.38. The van der Waals surface area contributed by atoms with Gasteiger partial charge in [0.25, 0.3) is 0 Å². The summed E-state index contributed by atoms with van der Waals surface area (Å²) in [6, 6.07) is 4.54. The van der Waals surface area contributed by atoms with Crippen LogP contribution in [-0.4, -0.2) is 60.6 Å². The van der Waals surface area contributed by atoms with Crippen LogP contribution in [0.2, 0.25) is 0 Å². The normalized spacial score (nSPS) is 39.1. The Morgan fingerprint density at radius 2 is 2.05 bits per heavy atom. The van der Waals surface area contributed by atoms with Crippen LogP contribution in [0.5, 0.6) is 0 Å². The van der Waals surface area contributed by atoms with E-state index in [1.807, 2.05) is 0 Å². The molecule has 3 unspecified atom stereocenters. The number of nitrogens with one attached hydrogen (secondary N) is 1. The number of likely N-dealkylation sites (tertiary alicyclic amines) is 1. The molecule has 3 fully saturated rings. The zero-order chi connectivity index (χ0) is 14.2. The smallest absolute Gasteiger partial charge is 0.108 e. The summed E-state index contributed by atoms with van der Waals surface area (Å²) in [6.45, 7) is 2.41.